The second kappa shape index (κ2) is 25.1. The zero-order chi connectivity index (χ0) is 49.7. The molecule has 4 aliphatic rings. The molecule has 0 radical (unpaired) electrons. The van der Waals surface area contributed by atoms with E-state index in [1.54, 1.807) is 6.92 Å². The van der Waals surface area contributed by atoms with E-state index in [9.17, 15) is 14.4 Å². The molecule has 9 heteroatoms. The summed E-state index contributed by atoms with van der Waals surface area (Å²) in [7, 11) is 0. The van der Waals surface area contributed by atoms with E-state index in [0.717, 1.165) is 117 Å². The van der Waals surface area contributed by atoms with Gasteiger partial charge < -0.3 is 24.3 Å². The van der Waals surface area contributed by atoms with Crippen LogP contribution in [0.4, 0.5) is 0 Å². The van der Waals surface area contributed by atoms with E-state index in [1.165, 1.54) is 42.0 Å². The summed E-state index contributed by atoms with van der Waals surface area (Å²) < 4.78 is 22.8. The molecule has 2 saturated heterocycles. The van der Waals surface area contributed by atoms with Crippen LogP contribution in [-0.2, 0) is 19.1 Å². The van der Waals surface area contributed by atoms with Crippen molar-refractivity contribution in [1.29, 1.82) is 0 Å². The van der Waals surface area contributed by atoms with E-state index in [1.807, 2.05) is 38.1 Å². The zero-order valence-electron chi connectivity index (χ0n) is 44.0. The molecule has 4 aromatic rings. The molecule has 0 bridgehead atoms. The fraction of sp³-hybridized carbons (Fsp3) is 0.617. The van der Waals surface area contributed by atoms with Crippen molar-refractivity contribution in [1.82, 2.24) is 10.2 Å². The summed E-state index contributed by atoms with van der Waals surface area (Å²) in [6.45, 7) is 26.5. The number of piperidine rings is 2. The molecule has 9 nitrogen and oxygen atoms in total. The molecule has 0 aromatic heterocycles. The van der Waals surface area contributed by atoms with Crippen LogP contribution in [-0.4, -0.2) is 74.2 Å². The van der Waals surface area contributed by atoms with Crippen LogP contribution >= 0.6 is 0 Å². The number of ether oxygens (including phenoxy) is 4. The lowest BCUT2D eigenvalue weighted by atomic mass is 9.72. The maximum atomic E-state index is 12.0. The van der Waals surface area contributed by atoms with Crippen molar-refractivity contribution in [3.05, 3.63) is 83.9 Å². The third-order valence-corrected chi connectivity index (χ3v) is 15.6. The summed E-state index contributed by atoms with van der Waals surface area (Å²) in [6.07, 6.45) is 13.9. The molecule has 8 rings (SSSR count). The minimum Gasteiger partial charge on any atom is -0.490 e. The second-order valence-electron chi connectivity index (χ2n) is 22.5. The fourth-order valence-corrected chi connectivity index (χ4v) is 10.9. The molecule has 2 aliphatic carbocycles. The van der Waals surface area contributed by atoms with Crippen molar-refractivity contribution in [3.8, 4) is 11.5 Å². The van der Waals surface area contributed by atoms with Gasteiger partial charge in [0, 0.05) is 11.6 Å². The Morgan fingerprint density at radius 2 is 0.986 bits per heavy atom. The predicted octanol–water partition coefficient (Wildman–Crippen LogP) is 13.7. The van der Waals surface area contributed by atoms with Crippen LogP contribution in [0.1, 0.15) is 168 Å². The summed E-state index contributed by atoms with van der Waals surface area (Å²) in [5, 5.41) is 7.91. The lowest BCUT2D eigenvalue weighted by Crippen LogP contribution is -2.38. The minimum atomic E-state index is -0.0271. The highest BCUT2D eigenvalue weighted by Gasteiger charge is 2.32. The van der Waals surface area contributed by atoms with Gasteiger partial charge in [0.25, 0.3) is 0 Å². The third-order valence-electron chi connectivity index (χ3n) is 15.6. The number of nitrogens with one attached hydrogen (secondary N) is 1. The third kappa shape index (κ3) is 15.8. The first-order valence-corrected chi connectivity index (χ1v) is 26.6. The van der Waals surface area contributed by atoms with E-state index >= 15 is 0 Å². The van der Waals surface area contributed by atoms with Crippen LogP contribution in [0.25, 0.3) is 21.5 Å². The van der Waals surface area contributed by atoms with Gasteiger partial charge in [-0.05, 0) is 217 Å². The monoisotopic (exact) mass is 947 g/mol. The molecule has 1 unspecified atom stereocenters. The van der Waals surface area contributed by atoms with Gasteiger partial charge in [-0.2, -0.15) is 0 Å². The lowest BCUT2D eigenvalue weighted by molar-refractivity contribution is -0.150. The van der Waals surface area contributed by atoms with Gasteiger partial charge in [-0.15, -0.1) is 0 Å². The van der Waals surface area contributed by atoms with Gasteiger partial charge in [0.15, 0.2) is 5.78 Å². The standard InChI is InChI=1S/C30H43NO3.C22H28O2.C8H15NO2/c1-6-33-29(32)22-15-17-31(18-16-22)21(2)23-7-8-25-20-28(12-9-24(25)19-23)34-27-13-10-26(11-14-27)30(3,4)5;1-15(23)16-5-6-18-14-21(10-7-17(18)13-16)24-20-11-8-19(9-12-20)22(2,3)4;1-2-11-8(10)7-3-5-9-6-4-7/h7-9,12,19-22,26-27H,6,10-11,13-18H2,1-5H3;5-7,10,13-14,19-20H,8-9,11-12H2,1-4H3;7,9H,2-6H2,1H3. The Labute approximate surface area is 415 Å². The smallest absolute Gasteiger partial charge is 0.309 e. The SMILES string of the molecule is CC(=O)c1ccc2cc(OC3CCC(C(C)(C)C)CC3)ccc2c1.CCOC(=O)C1CCN(C(C)c2ccc3cc(OC4CCC(C(C)(C)C)CC4)ccc3c2)CC1.CCOC(=O)C1CCNCC1. The number of rotatable bonds is 11. The summed E-state index contributed by atoms with van der Waals surface area (Å²) in [5.74, 6) is 3.81. The van der Waals surface area contributed by atoms with Crippen molar-refractivity contribution >= 4 is 39.3 Å². The molecule has 4 fully saturated rings. The number of hydrogen-bond acceptors (Lipinski definition) is 9. The highest BCUT2D eigenvalue weighted by molar-refractivity contribution is 5.98. The Morgan fingerprint density at radius 1 is 0.565 bits per heavy atom. The molecule has 69 heavy (non-hydrogen) atoms. The van der Waals surface area contributed by atoms with Crippen molar-refractivity contribution < 1.29 is 33.3 Å². The van der Waals surface area contributed by atoms with E-state index in [2.05, 4.69) is 107 Å². The van der Waals surface area contributed by atoms with E-state index in [-0.39, 0.29) is 29.6 Å². The fourth-order valence-electron chi connectivity index (χ4n) is 10.9. The van der Waals surface area contributed by atoms with Crippen molar-refractivity contribution in [2.45, 2.75) is 165 Å². The van der Waals surface area contributed by atoms with Crippen LogP contribution < -0.4 is 14.8 Å². The molecular weight excluding hydrogens is 861 g/mol. The predicted molar refractivity (Wildman–Crippen MR) is 281 cm³/mol. The van der Waals surface area contributed by atoms with Gasteiger partial charge in [0.1, 0.15) is 11.5 Å². The van der Waals surface area contributed by atoms with Crippen LogP contribution in [0.3, 0.4) is 0 Å². The highest BCUT2D eigenvalue weighted by Crippen LogP contribution is 2.41. The van der Waals surface area contributed by atoms with E-state index < -0.39 is 0 Å². The molecule has 0 amide bonds. The Kier molecular flexibility index (Phi) is 19.6. The molecule has 2 heterocycles. The van der Waals surface area contributed by atoms with Crippen LogP contribution in [0.15, 0.2) is 72.8 Å². The summed E-state index contributed by atoms with van der Waals surface area (Å²) >= 11 is 0. The number of hydrogen-bond donors (Lipinski definition) is 1. The number of carbonyl (C=O) groups excluding carboxylic acids is 3. The summed E-state index contributed by atoms with van der Waals surface area (Å²) in [6, 6.07) is 25.7. The molecule has 0 spiro atoms. The topological polar surface area (TPSA) is 103 Å². The zero-order valence-corrected chi connectivity index (χ0v) is 44.0. The number of nitrogens with zero attached hydrogens (tertiary/aromatic N) is 1. The highest BCUT2D eigenvalue weighted by atomic mass is 16.5. The molecule has 378 valence electrons. The average molecular weight is 947 g/mol. The largest absolute Gasteiger partial charge is 0.490 e. The Hall–Kier alpha value is -4.47. The van der Waals surface area contributed by atoms with Crippen molar-refractivity contribution in [2.24, 2.45) is 34.5 Å². The van der Waals surface area contributed by atoms with Crippen LogP contribution in [0.5, 0.6) is 11.5 Å². The van der Waals surface area contributed by atoms with Gasteiger partial charge in [0.2, 0.25) is 0 Å². The summed E-state index contributed by atoms with van der Waals surface area (Å²) in [4.78, 5) is 37.2. The Balaban J connectivity index is 0.000000193. The van der Waals surface area contributed by atoms with E-state index in [4.69, 9.17) is 18.9 Å². The van der Waals surface area contributed by atoms with Gasteiger partial charge >= 0.3 is 11.9 Å². The number of fused-ring (bicyclic) bond motifs is 2. The maximum Gasteiger partial charge on any atom is 0.309 e. The van der Waals surface area contributed by atoms with Gasteiger partial charge in [-0.25, -0.2) is 0 Å². The number of likely N-dealkylation sites (tertiary alicyclic amines) is 1. The molecule has 1 atom stereocenters. The van der Waals surface area contributed by atoms with Crippen molar-refractivity contribution in [2.75, 3.05) is 39.4 Å². The number of benzene rings is 4. The number of esters is 2. The molecule has 1 N–H and O–H groups in total. The molecule has 2 aliphatic heterocycles. The number of carbonyl (C=O) groups is 3. The van der Waals surface area contributed by atoms with Crippen LogP contribution in [0.2, 0.25) is 0 Å². The van der Waals surface area contributed by atoms with E-state index in [0.29, 0.717) is 42.3 Å². The Bertz CT molecular complexity index is 2260. The lowest BCUT2D eigenvalue weighted by Gasteiger charge is -2.37. The first kappa shape index (κ1) is 53.9. The summed E-state index contributed by atoms with van der Waals surface area (Å²) in [5.41, 5.74) is 2.90. The van der Waals surface area contributed by atoms with Gasteiger partial charge in [-0.3, -0.25) is 19.3 Å². The molecule has 2 saturated carbocycles. The molecule has 4 aromatic carbocycles. The van der Waals surface area contributed by atoms with Gasteiger partial charge in [0.05, 0.1) is 37.3 Å². The second-order valence-corrected chi connectivity index (χ2v) is 22.5. The minimum absolute atomic E-state index is 0.0194. The Morgan fingerprint density at radius 3 is 1.43 bits per heavy atom. The van der Waals surface area contributed by atoms with Crippen molar-refractivity contribution in [3.63, 3.8) is 0 Å². The molecular formula is C60H86N2O7. The number of Topliss-reactive ketones (excluding diaryl/α,β-unsaturated/α-hetero) is 1. The maximum absolute atomic E-state index is 12.0. The average Bonchev–Trinajstić information content (AvgIpc) is 3.34. The number of ketones is 1. The first-order chi connectivity index (χ1) is 32.9. The first-order valence-electron chi connectivity index (χ1n) is 26.6. The van der Waals surface area contributed by atoms with Crippen LogP contribution in [0, 0.1) is 34.5 Å². The quantitative estimate of drug-likeness (QED) is 0.116. The van der Waals surface area contributed by atoms with Gasteiger partial charge in [-0.1, -0.05) is 77.9 Å². The normalized spacial score (nSPS) is 22.3.